The van der Waals surface area contributed by atoms with Crippen molar-refractivity contribution in [3.63, 3.8) is 0 Å². The van der Waals surface area contributed by atoms with Crippen molar-refractivity contribution in [2.75, 3.05) is 13.2 Å². The molecule has 200 valence electrons. The van der Waals surface area contributed by atoms with Crippen molar-refractivity contribution in [2.45, 2.75) is 36.9 Å². The van der Waals surface area contributed by atoms with E-state index < -0.39 is 22.3 Å². The summed E-state index contributed by atoms with van der Waals surface area (Å²) in [6.45, 7) is 1.39. The molecule has 2 heterocycles. The van der Waals surface area contributed by atoms with E-state index in [0.717, 1.165) is 38.8 Å². The summed E-state index contributed by atoms with van der Waals surface area (Å²) in [6, 6.07) is 26.1. The number of H-pyrrole nitrogens is 2. The highest BCUT2D eigenvalue weighted by Crippen LogP contribution is 2.18. The first-order valence-corrected chi connectivity index (χ1v) is 13.7. The van der Waals surface area contributed by atoms with Crippen LogP contribution in [0.3, 0.4) is 0 Å². The normalized spacial score (nSPS) is 13.3. The molecule has 5 N–H and O–H groups in total. The van der Waals surface area contributed by atoms with Crippen molar-refractivity contribution in [3.05, 3.63) is 102 Å². The highest BCUT2D eigenvalue weighted by molar-refractivity contribution is 7.86. The van der Waals surface area contributed by atoms with Gasteiger partial charge in [0.05, 0.1) is 30.3 Å². The Balaban J connectivity index is 0.000000204. The number of hydrogen-bond donors (Lipinski definition) is 5. The third-order valence-electron chi connectivity index (χ3n) is 6.02. The Labute approximate surface area is 221 Å². The minimum absolute atomic E-state index is 0.0888. The number of aromatic nitrogens is 2. The third-order valence-corrected chi connectivity index (χ3v) is 7.31. The van der Waals surface area contributed by atoms with Crippen LogP contribution in [0.25, 0.3) is 21.8 Å². The second-order valence-electron chi connectivity index (χ2n) is 9.21. The minimum atomic E-state index is -3.86. The average molecular weight is 537 g/mol. The van der Waals surface area contributed by atoms with Crippen molar-refractivity contribution in [1.29, 1.82) is 0 Å². The number of aryl methyl sites for hydroxylation is 1. The summed E-state index contributed by atoms with van der Waals surface area (Å²) >= 11 is 0. The van der Waals surface area contributed by atoms with Crippen LogP contribution in [0.15, 0.2) is 89.8 Å². The first-order valence-electron chi connectivity index (χ1n) is 12.3. The van der Waals surface area contributed by atoms with Crippen LogP contribution in [0.5, 0.6) is 0 Å². The Bertz CT molecular complexity index is 1510. The summed E-state index contributed by atoms with van der Waals surface area (Å²) < 4.78 is 29.2. The van der Waals surface area contributed by atoms with Gasteiger partial charge in [-0.1, -0.05) is 54.1 Å². The molecule has 0 aliphatic carbocycles. The smallest absolute Gasteiger partial charge is 0.297 e. The van der Waals surface area contributed by atoms with Crippen LogP contribution < -0.4 is 0 Å². The zero-order valence-electron chi connectivity index (χ0n) is 21.0. The van der Waals surface area contributed by atoms with E-state index in [1.165, 1.54) is 12.1 Å². The number of aromatic amines is 2. The Morgan fingerprint density at radius 2 is 1.26 bits per heavy atom. The predicted molar refractivity (Wildman–Crippen MR) is 147 cm³/mol. The van der Waals surface area contributed by atoms with Gasteiger partial charge in [-0.25, -0.2) is 0 Å². The quantitative estimate of drug-likeness (QED) is 0.182. The lowest BCUT2D eigenvalue weighted by atomic mass is 10.2. The largest absolute Gasteiger partial charge is 0.394 e. The molecular weight excluding hydrogens is 504 g/mol. The topological polar surface area (TPSA) is 136 Å². The second kappa shape index (κ2) is 12.4. The summed E-state index contributed by atoms with van der Waals surface area (Å²) in [5.74, 6) is 0. The van der Waals surface area contributed by atoms with Crippen LogP contribution in [-0.2, 0) is 27.1 Å². The van der Waals surface area contributed by atoms with E-state index in [2.05, 4.69) is 9.97 Å². The average Bonchev–Trinajstić information content (AvgIpc) is 3.51. The number of rotatable bonds is 9. The molecule has 2 atom stereocenters. The molecule has 0 aliphatic heterocycles. The first kappa shape index (κ1) is 27.6. The monoisotopic (exact) mass is 536 g/mol. The van der Waals surface area contributed by atoms with Crippen molar-refractivity contribution < 1.29 is 27.9 Å². The van der Waals surface area contributed by atoms with Crippen LogP contribution in [0, 0.1) is 6.92 Å². The molecule has 0 radical (unpaired) electrons. The van der Waals surface area contributed by atoms with Gasteiger partial charge < -0.3 is 25.3 Å². The van der Waals surface area contributed by atoms with Gasteiger partial charge in [0, 0.05) is 35.3 Å². The maximum Gasteiger partial charge on any atom is 0.297 e. The highest BCUT2D eigenvalue weighted by atomic mass is 32.2. The second-order valence-corrected chi connectivity index (χ2v) is 10.8. The molecule has 5 rings (SSSR count). The molecule has 9 heteroatoms. The number of aliphatic hydroxyl groups excluding tert-OH is 3. The molecule has 0 fully saturated rings. The number of hydrogen-bond acceptors (Lipinski definition) is 6. The molecule has 0 aliphatic rings. The first-order chi connectivity index (χ1) is 18.2. The van der Waals surface area contributed by atoms with Crippen molar-refractivity contribution in [3.8, 4) is 0 Å². The van der Waals surface area contributed by atoms with Gasteiger partial charge in [-0.3, -0.25) is 4.18 Å². The molecule has 0 unspecified atom stereocenters. The molecular formula is C29H32N2O6S. The molecule has 0 spiro atoms. The summed E-state index contributed by atoms with van der Waals surface area (Å²) in [7, 11) is -3.86. The number of para-hydroxylation sites is 2. The van der Waals surface area contributed by atoms with Crippen molar-refractivity contribution in [2.24, 2.45) is 0 Å². The van der Waals surface area contributed by atoms with E-state index in [1.807, 2.05) is 67.6 Å². The van der Waals surface area contributed by atoms with Crippen molar-refractivity contribution >= 4 is 31.9 Å². The van der Waals surface area contributed by atoms with Crippen LogP contribution in [0.1, 0.15) is 17.0 Å². The zero-order valence-corrected chi connectivity index (χ0v) is 21.9. The Morgan fingerprint density at radius 1 is 0.763 bits per heavy atom. The van der Waals surface area contributed by atoms with E-state index in [9.17, 15) is 18.6 Å². The molecule has 8 nitrogen and oxygen atoms in total. The maximum absolute atomic E-state index is 12.1. The van der Waals surface area contributed by atoms with E-state index >= 15 is 0 Å². The Morgan fingerprint density at radius 3 is 1.76 bits per heavy atom. The summed E-state index contributed by atoms with van der Waals surface area (Å²) in [5, 5.41) is 30.2. The molecule has 3 aromatic carbocycles. The molecule has 0 amide bonds. The van der Waals surface area contributed by atoms with Crippen molar-refractivity contribution in [1.82, 2.24) is 9.97 Å². The van der Waals surface area contributed by atoms with Gasteiger partial charge in [0.1, 0.15) is 0 Å². The van der Waals surface area contributed by atoms with Gasteiger partial charge in [-0.2, -0.15) is 8.42 Å². The summed E-state index contributed by atoms with van der Waals surface area (Å²) in [5.41, 5.74) is 4.79. The van der Waals surface area contributed by atoms with Crippen LogP contribution in [0.4, 0.5) is 0 Å². The number of fused-ring (bicyclic) bond motifs is 2. The zero-order chi connectivity index (χ0) is 27.1. The molecule has 0 saturated carbocycles. The molecule has 0 bridgehead atoms. The fourth-order valence-corrected chi connectivity index (χ4v) is 5.00. The lowest BCUT2D eigenvalue weighted by Gasteiger charge is -2.11. The van der Waals surface area contributed by atoms with Gasteiger partial charge in [0.15, 0.2) is 0 Å². The van der Waals surface area contributed by atoms with E-state index in [-0.39, 0.29) is 24.5 Å². The Kier molecular flexibility index (Phi) is 8.98. The number of aliphatic hydroxyl groups is 3. The minimum Gasteiger partial charge on any atom is -0.394 e. The van der Waals surface area contributed by atoms with Crippen LogP contribution in [0.2, 0.25) is 0 Å². The van der Waals surface area contributed by atoms with Gasteiger partial charge in [0.25, 0.3) is 10.1 Å². The lowest BCUT2D eigenvalue weighted by Crippen LogP contribution is -2.21. The predicted octanol–water partition coefficient (Wildman–Crippen LogP) is 3.85. The Hall–Kier alpha value is -3.47. The fourth-order valence-electron chi connectivity index (χ4n) is 4.06. The summed E-state index contributed by atoms with van der Waals surface area (Å²) in [4.78, 5) is 6.48. The third kappa shape index (κ3) is 7.31. The number of nitrogens with one attached hydrogen (secondary N) is 2. The van der Waals surface area contributed by atoms with Gasteiger partial charge in [-0.05, 0) is 54.1 Å². The van der Waals surface area contributed by atoms with Crippen LogP contribution in [-0.4, -0.2) is 59.1 Å². The maximum atomic E-state index is 12.1. The van der Waals surface area contributed by atoms with Gasteiger partial charge in [0.2, 0.25) is 0 Å². The van der Waals surface area contributed by atoms with E-state index in [4.69, 9.17) is 9.29 Å². The number of benzene rings is 3. The highest BCUT2D eigenvalue weighted by Gasteiger charge is 2.18. The lowest BCUT2D eigenvalue weighted by molar-refractivity contribution is 0.0949. The molecule has 0 saturated heterocycles. The molecule has 38 heavy (non-hydrogen) atoms. The standard InChI is InChI=1S/C18H19NO4S.C11H13NO2/c1-13-6-8-17(9-7-13)24(21,22)23-12-16(20)11-15-10-14-4-2-3-5-18(14)19-15;13-7-10(14)6-9-5-8-3-1-2-4-11(8)12-9/h2-10,16,19-20H,11-12H2,1H3;1-5,10,12-14H,6-7H2/t16-;10-/m11/s1. The summed E-state index contributed by atoms with van der Waals surface area (Å²) in [6.07, 6.45) is -0.843. The van der Waals surface area contributed by atoms with E-state index in [0.29, 0.717) is 6.42 Å². The molecule has 2 aromatic heterocycles. The fraction of sp³-hybridized carbons (Fsp3) is 0.241. The van der Waals surface area contributed by atoms with Gasteiger partial charge in [-0.15, -0.1) is 0 Å². The SMILES string of the molecule is Cc1ccc(S(=O)(=O)OC[C@H](O)Cc2cc3ccccc3[nH]2)cc1.OC[C@H](O)Cc1cc2ccccc2[nH]1. The van der Waals surface area contributed by atoms with Gasteiger partial charge >= 0.3 is 0 Å². The van der Waals surface area contributed by atoms with E-state index in [1.54, 1.807) is 12.1 Å². The van der Waals surface area contributed by atoms with Crippen LogP contribution >= 0.6 is 0 Å². The molecule has 5 aromatic rings.